The average Bonchev–Trinajstić information content (AvgIpc) is 2.43. The molecule has 0 amide bonds. The Morgan fingerprint density at radius 1 is 1.73 bits per heavy atom. The predicted octanol–water partition coefficient (Wildman–Crippen LogP) is 0.602. The van der Waals surface area contributed by atoms with Crippen molar-refractivity contribution in [2.75, 3.05) is 0 Å². The molecule has 2 aliphatic rings. The zero-order valence-corrected chi connectivity index (χ0v) is 6.63. The van der Waals surface area contributed by atoms with E-state index < -0.39 is 11.5 Å². The van der Waals surface area contributed by atoms with E-state index in [0.29, 0.717) is 12.0 Å². The number of carboxylic acids is 1. The summed E-state index contributed by atoms with van der Waals surface area (Å²) in [6.45, 7) is 2.03. The molecule has 2 N–H and O–H groups in total. The number of carbonyl (C=O) groups is 1. The third kappa shape index (κ3) is 0.745. The van der Waals surface area contributed by atoms with Crippen molar-refractivity contribution >= 4 is 5.97 Å². The molecule has 0 unspecified atom stereocenters. The molecule has 3 atom stereocenters. The van der Waals surface area contributed by atoms with Crippen LogP contribution in [0.2, 0.25) is 0 Å². The second kappa shape index (κ2) is 1.97. The Morgan fingerprint density at radius 3 is 2.73 bits per heavy atom. The number of rotatable bonds is 1. The largest absolute Gasteiger partial charge is 0.480 e. The van der Waals surface area contributed by atoms with Crippen molar-refractivity contribution in [1.82, 2.24) is 5.32 Å². The fourth-order valence-corrected chi connectivity index (χ4v) is 2.48. The molecule has 0 spiro atoms. The lowest BCUT2D eigenvalue weighted by Crippen LogP contribution is -2.48. The quantitative estimate of drug-likeness (QED) is 0.583. The van der Waals surface area contributed by atoms with Crippen molar-refractivity contribution < 1.29 is 9.90 Å². The molecule has 0 aromatic carbocycles. The van der Waals surface area contributed by atoms with Crippen LogP contribution in [0.4, 0.5) is 0 Å². The van der Waals surface area contributed by atoms with Gasteiger partial charge in [-0.15, -0.1) is 0 Å². The van der Waals surface area contributed by atoms with Crippen molar-refractivity contribution in [3.63, 3.8) is 0 Å². The van der Waals surface area contributed by atoms with E-state index in [1.54, 1.807) is 0 Å². The Balaban J connectivity index is 2.29. The molecule has 2 heterocycles. The van der Waals surface area contributed by atoms with E-state index in [9.17, 15) is 4.79 Å². The molecule has 0 aliphatic carbocycles. The van der Waals surface area contributed by atoms with Gasteiger partial charge in [-0.05, 0) is 25.2 Å². The van der Waals surface area contributed by atoms with Crippen LogP contribution in [-0.2, 0) is 4.79 Å². The highest BCUT2D eigenvalue weighted by Gasteiger charge is 2.54. The van der Waals surface area contributed by atoms with E-state index in [2.05, 4.69) is 5.32 Å². The summed E-state index contributed by atoms with van der Waals surface area (Å²) in [6, 6.07) is 0.473. The van der Waals surface area contributed by atoms with Crippen molar-refractivity contribution in [1.29, 1.82) is 0 Å². The molecule has 2 bridgehead atoms. The summed E-state index contributed by atoms with van der Waals surface area (Å²) in [4.78, 5) is 10.9. The number of fused-ring (bicyclic) bond motifs is 2. The average molecular weight is 155 g/mol. The van der Waals surface area contributed by atoms with Gasteiger partial charge in [0.15, 0.2) is 0 Å². The lowest BCUT2D eigenvalue weighted by Gasteiger charge is -2.26. The van der Waals surface area contributed by atoms with Crippen LogP contribution in [0.3, 0.4) is 0 Å². The highest BCUT2D eigenvalue weighted by atomic mass is 16.4. The van der Waals surface area contributed by atoms with Crippen LogP contribution in [0.1, 0.15) is 26.2 Å². The molecule has 2 aliphatic heterocycles. The fourth-order valence-electron chi connectivity index (χ4n) is 2.48. The molecule has 0 aromatic heterocycles. The van der Waals surface area contributed by atoms with Crippen LogP contribution in [-0.4, -0.2) is 22.7 Å². The molecule has 3 nitrogen and oxygen atoms in total. The molecular formula is C8H13NO2. The number of hydrogen-bond donors (Lipinski definition) is 2. The van der Waals surface area contributed by atoms with Crippen LogP contribution in [0.15, 0.2) is 0 Å². The van der Waals surface area contributed by atoms with Crippen molar-refractivity contribution in [3.8, 4) is 0 Å². The summed E-state index contributed by atoms with van der Waals surface area (Å²) in [5.74, 6) is -0.358. The molecule has 3 heteroatoms. The first kappa shape index (κ1) is 7.10. The molecule has 0 radical (unpaired) electrons. The maximum atomic E-state index is 10.9. The maximum absolute atomic E-state index is 10.9. The van der Waals surface area contributed by atoms with Crippen LogP contribution < -0.4 is 5.32 Å². The summed E-state index contributed by atoms with van der Waals surface area (Å²) < 4.78 is 0. The minimum Gasteiger partial charge on any atom is -0.480 e. The van der Waals surface area contributed by atoms with Gasteiger partial charge in [-0.2, -0.15) is 0 Å². The van der Waals surface area contributed by atoms with Gasteiger partial charge in [-0.3, -0.25) is 10.1 Å². The Kier molecular flexibility index (Phi) is 1.27. The molecule has 0 saturated carbocycles. The number of carboxylic acid groups (broad SMARTS) is 1. The highest BCUT2D eigenvalue weighted by Crippen LogP contribution is 2.41. The van der Waals surface area contributed by atoms with Gasteiger partial charge in [0.2, 0.25) is 0 Å². The van der Waals surface area contributed by atoms with Gasteiger partial charge in [-0.25, -0.2) is 0 Å². The van der Waals surface area contributed by atoms with E-state index in [4.69, 9.17) is 5.11 Å². The van der Waals surface area contributed by atoms with Gasteiger partial charge >= 0.3 is 5.97 Å². The first-order valence-corrected chi connectivity index (χ1v) is 4.16. The predicted molar refractivity (Wildman–Crippen MR) is 40.3 cm³/mol. The summed E-state index contributed by atoms with van der Waals surface area (Å²) in [5, 5.41) is 12.2. The van der Waals surface area contributed by atoms with Crippen LogP contribution in [0.25, 0.3) is 0 Å². The fraction of sp³-hybridized carbons (Fsp3) is 0.875. The summed E-state index contributed by atoms with van der Waals surface area (Å²) >= 11 is 0. The smallest absolute Gasteiger partial charge is 0.324 e. The van der Waals surface area contributed by atoms with Gasteiger partial charge in [0.1, 0.15) is 5.54 Å². The molecule has 0 aromatic rings. The monoisotopic (exact) mass is 155 g/mol. The number of hydrogen-bond acceptors (Lipinski definition) is 2. The zero-order valence-electron chi connectivity index (χ0n) is 6.63. The zero-order chi connectivity index (χ0) is 8.06. The lowest BCUT2D eigenvalue weighted by molar-refractivity contribution is -0.145. The maximum Gasteiger partial charge on any atom is 0.324 e. The van der Waals surface area contributed by atoms with Crippen LogP contribution >= 0.6 is 0 Å². The summed E-state index contributed by atoms with van der Waals surface area (Å²) in [7, 11) is 0. The molecule has 2 saturated heterocycles. The second-order valence-corrected chi connectivity index (χ2v) is 3.79. The van der Waals surface area contributed by atoms with Gasteiger partial charge < -0.3 is 5.11 Å². The van der Waals surface area contributed by atoms with Crippen molar-refractivity contribution in [2.24, 2.45) is 5.92 Å². The van der Waals surface area contributed by atoms with Crippen LogP contribution in [0, 0.1) is 5.92 Å². The van der Waals surface area contributed by atoms with E-state index in [-0.39, 0.29) is 0 Å². The Morgan fingerprint density at radius 2 is 2.45 bits per heavy atom. The molecular weight excluding hydrogens is 142 g/mol. The lowest BCUT2D eigenvalue weighted by atomic mass is 9.79. The summed E-state index contributed by atoms with van der Waals surface area (Å²) in [5.41, 5.74) is -0.565. The minimum atomic E-state index is -0.662. The SMILES string of the molecule is C[C@@H]1C[C@H]2CC[C@]1(C(=O)O)N2. The summed E-state index contributed by atoms with van der Waals surface area (Å²) in [6.07, 6.45) is 2.89. The third-order valence-electron chi connectivity index (χ3n) is 3.21. The van der Waals surface area contributed by atoms with E-state index >= 15 is 0 Å². The van der Waals surface area contributed by atoms with E-state index in [0.717, 1.165) is 19.3 Å². The van der Waals surface area contributed by atoms with Crippen LogP contribution in [0.5, 0.6) is 0 Å². The first-order chi connectivity index (χ1) is 5.15. The molecule has 2 fully saturated rings. The van der Waals surface area contributed by atoms with Gasteiger partial charge in [-0.1, -0.05) is 6.92 Å². The normalized spacial score (nSPS) is 48.1. The number of nitrogens with one attached hydrogen (secondary N) is 1. The Bertz CT molecular complexity index is 204. The van der Waals surface area contributed by atoms with E-state index in [1.165, 1.54) is 0 Å². The molecule has 62 valence electrons. The van der Waals surface area contributed by atoms with Gasteiger partial charge in [0.05, 0.1) is 0 Å². The van der Waals surface area contributed by atoms with E-state index in [1.807, 2.05) is 6.92 Å². The highest BCUT2D eigenvalue weighted by molar-refractivity contribution is 5.80. The molecule has 2 rings (SSSR count). The minimum absolute atomic E-state index is 0.304. The number of aliphatic carboxylic acids is 1. The van der Waals surface area contributed by atoms with Crippen molar-refractivity contribution in [2.45, 2.75) is 37.8 Å². The first-order valence-electron chi connectivity index (χ1n) is 4.16. The Labute approximate surface area is 65.8 Å². The molecule has 11 heavy (non-hydrogen) atoms. The van der Waals surface area contributed by atoms with Gasteiger partial charge in [0.25, 0.3) is 0 Å². The third-order valence-corrected chi connectivity index (χ3v) is 3.21. The van der Waals surface area contributed by atoms with Gasteiger partial charge in [0, 0.05) is 6.04 Å². The van der Waals surface area contributed by atoms with Crippen molar-refractivity contribution in [3.05, 3.63) is 0 Å². The standard InChI is InChI=1S/C8H13NO2/c1-5-4-6-2-3-8(5,9-6)7(10)11/h5-6,9H,2-4H2,1H3,(H,10,11)/t5-,6-,8+/m1/s1. The topological polar surface area (TPSA) is 49.3 Å². The second-order valence-electron chi connectivity index (χ2n) is 3.79. The Hall–Kier alpha value is -0.570.